The first kappa shape index (κ1) is 13.1. The van der Waals surface area contributed by atoms with Gasteiger partial charge >= 0.3 is 0 Å². The van der Waals surface area contributed by atoms with E-state index >= 15 is 0 Å². The zero-order valence-corrected chi connectivity index (χ0v) is 11.6. The minimum absolute atomic E-state index is 0.242. The van der Waals surface area contributed by atoms with Crippen molar-refractivity contribution in [1.29, 1.82) is 0 Å². The number of aromatic nitrogens is 2. The number of nitrogens with zero attached hydrogens (tertiary/aromatic N) is 3. The van der Waals surface area contributed by atoms with E-state index in [1.165, 1.54) is 0 Å². The Balaban J connectivity index is 2.25. The largest absolute Gasteiger partial charge is 0.373 e. The summed E-state index contributed by atoms with van der Waals surface area (Å²) >= 11 is 0. The van der Waals surface area contributed by atoms with Crippen molar-refractivity contribution < 1.29 is 4.74 Å². The Morgan fingerprint density at radius 1 is 1.33 bits per heavy atom. The minimum atomic E-state index is 0.242. The van der Waals surface area contributed by atoms with Gasteiger partial charge in [0.15, 0.2) is 0 Å². The van der Waals surface area contributed by atoms with Gasteiger partial charge in [-0.25, -0.2) is 9.97 Å². The summed E-state index contributed by atoms with van der Waals surface area (Å²) in [6.07, 6.45) is 1.33. The average molecular weight is 250 g/mol. The molecule has 5 nitrogen and oxygen atoms in total. The van der Waals surface area contributed by atoms with Crippen molar-refractivity contribution >= 4 is 11.6 Å². The van der Waals surface area contributed by atoms with Crippen LogP contribution in [0.3, 0.4) is 0 Å². The molecule has 0 aromatic carbocycles. The predicted octanol–water partition coefficient (Wildman–Crippen LogP) is 1.69. The van der Waals surface area contributed by atoms with E-state index in [2.05, 4.69) is 41.0 Å². The Labute approximate surface area is 109 Å². The first-order valence-corrected chi connectivity index (χ1v) is 6.58. The molecule has 0 unspecified atom stereocenters. The van der Waals surface area contributed by atoms with Crippen LogP contribution in [-0.2, 0) is 11.2 Å². The maximum absolute atomic E-state index is 5.75. The van der Waals surface area contributed by atoms with Crippen molar-refractivity contribution in [2.75, 3.05) is 30.4 Å². The number of nitrogens with one attached hydrogen (secondary N) is 1. The summed E-state index contributed by atoms with van der Waals surface area (Å²) in [4.78, 5) is 11.3. The van der Waals surface area contributed by atoms with Gasteiger partial charge in [-0.05, 0) is 13.8 Å². The van der Waals surface area contributed by atoms with E-state index < -0.39 is 0 Å². The van der Waals surface area contributed by atoms with Crippen molar-refractivity contribution in [2.45, 2.75) is 39.4 Å². The highest BCUT2D eigenvalue weighted by Gasteiger charge is 2.23. The highest BCUT2D eigenvalue weighted by molar-refractivity contribution is 5.49. The Kier molecular flexibility index (Phi) is 4.01. The Morgan fingerprint density at radius 3 is 2.56 bits per heavy atom. The number of morpholine rings is 1. The maximum atomic E-state index is 5.75. The molecule has 0 bridgehead atoms. The molecule has 2 heterocycles. The van der Waals surface area contributed by atoms with Gasteiger partial charge in [0.25, 0.3) is 0 Å². The number of hydrogen-bond donors (Lipinski definition) is 1. The summed E-state index contributed by atoms with van der Waals surface area (Å²) in [7, 11) is 1.89. The second-order valence-electron chi connectivity index (χ2n) is 4.79. The van der Waals surface area contributed by atoms with Gasteiger partial charge in [0.1, 0.15) is 17.5 Å². The van der Waals surface area contributed by atoms with Crippen LogP contribution < -0.4 is 10.2 Å². The zero-order valence-electron chi connectivity index (χ0n) is 11.6. The van der Waals surface area contributed by atoms with Gasteiger partial charge < -0.3 is 15.0 Å². The molecular formula is C13H22N4O. The van der Waals surface area contributed by atoms with Crippen LogP contribution in [0.4, 0.5) is 11.6 Å². The van der Waals surface area contributed by atoms with Crippen LogP contribution in [-0.4, -0.2) is 42.3 Å². The molecule has 1 N–H and O–H groups in total. The molecule has 1 aromatic rings. The Morgan fingerprint density at radius 2 is 2.00 bits per heavy atom. The molecule has 5 heteroatoms. The summed E-state index contributed by atoms with van der Waals surface area (Å²) in [5.41, 5.74) is 0. The van der Waals surface area contributed by atoms with E-state index in [1.54, 1.807) is 0 Å². The van der Waals surface area contributed by atoms with Crippen LogP contribution in [0.2, 0.25) is 0 Å². The fourth-order valence-corrected chi connectivity index (χ4v) is 2.30. The van der Waals surface area contributed by atoms with Gasteiger partial charge in [-0.3, -0.25) is 0 Å². The highest BCUT2D eigenvalue weighted by atomic mass is 16.5. The SMILES string of the molecule is CCc1nc(NC)cc(N2C[C@@H](C)O[C@@H](C)C2)n1. The molecule has 0 saturated carbocycles. The monoisotopic (exact) mass is 250 g/mol. The van der Waals surface area contributed by atoms with Crippen molar-refractivity contribution in [1.82, 2.24) is 9.97 Å². The van der Waals surface area contributed by atoms with Crippen molar-refractivity contribution in [3.8, 4) is 0 Å². The molecule has 0 amide bonds. The second kappa shape index (κ2) is 5.52. The Bertz CT molecular complexity index is 378. The second-order valence-corrected chi connectivity index (χ2v) is 4.79. The lowest BCUT2D eigenvalue weighted by Crippen LogP contribution is -2.46. The topological polar surface area (TPSA) is 50.3 Å². The molecule has 0 radical (unpaired) electrons. The standard InChI is InChI=1S/C13H22N4O/c1-5-11-15-12(14-4)6-13(16-11)17-7-9(2)18-10(3)8-17/h6,9-10H,5,7-8H2,1-4H3,(H,14,15,16)/t9-,10+. The van der Waals surface area contributed by atoms with E-state index in [0.717, 1.165) is 37.0 Å². The predicted molar refractivity (Wildman–Crippen MR) is 73.2 cm³/mol. The number of ether oxygens (including phenoxy) is 1. The highest BCUT2D eigenvalue weighted by Crippen LogP contribution is 2.20. The van der Waals surface area contributed by atoms with Crippen LogP contribution >= 0.6 is 0 Å². The zero-order chi connectivity index (χ0) is 13.1. The maximum Gasteiger partial charge on any atom is 0.134 e. The fourth-order valence-electron chi connectivity index (χ4n) is 2.30. The van der Waals surface area contributed by atoms with Gasteiger partial charge in [0, 0.05) is 32.6 Å². The normalized spacial score (nSPS) is 24.1. The van der Waals surface area contributed by atoms with E-state index in [1.807, 2.05) is 13.1 Å². The van der Waals surface area contributed by atoms with Gasteiger partial charge in [-0.2, -0.15) is 0 Å². The smallest absolute Gasteiger partial charge is 0.134 e. The molecule has 1 saturated heterocycles. The molecule has 1 aliphatic rings. The van der Waals surface area contributed by atoms with Gasteiger partial charge in [-0.1, -0.05) is 6.92 Å². The first-order valence-electron chi connectivity index (χ1n) is 6.58. The van der Waals surface area contributed by atoms with E-state index in [9.17, 15) is 0 Å². The third-order valence-corrected chi connectivity index (χ3v) is 3.07. The summed E-state index contributed by atoms with van der Waals surface area (Å²) in [6.45, 7) is 8.04. The van der Waals surface area contributed by atoms with Crippen molar-refractivity contribution in [2.24, 2.45) is 0 Å². The first-order chi connectivity index (χ1) is 8.62. The molecule has 0 spiro atoms. The quantitative estimate of drug-likeness (QED) is 0.884. The lowest BCUT2D eigenvalue weighted by atomic mass is 10.2. The van der Waals surface area contributed by atoms with Crippen molar-refractivity contribution in [3.63, 3.8) is 0 Å². The third kappa shape index (κ3) is 2.90. The van der Waals surface area contributed by atoms with Crippen LogP contribution in [0.25, 0.3) is 0 Å². The van der Waals surface area contributed by atoms with Gasteiger partial charge in [-0.15, -0.1) is 0 Å². The van der Waals surface area contributed by atoms with E-state index in [0.29, 0.717) is 0 Å². The van der Waals surface area contributed by atoms with Gasteiger partial charge in [0.05, 0.1) is 12.2 Å². The number of aryl methyl sites for hydroxylation is 1. The lowest BCUT2D eigenvalue weighted by Gasteiger charge is -2.36. The summed E-state index contributed by atoms with van der Waals surface area (Å²) in [5, 5.41) is 3.09. The fraction of sp³-hybridized carbons (Fsp3) is 0.692. The molecule has 2 rings (SSSR count). The summed E-state index contributed by atoms with van der Waals surface area (Å²) in [5.74, 6) is 2.75. The van der Waals surface area contributed by atoms with E-state index in [-0.39, 0.29) is 12.2 Å². The van der Waals surface area contributed by atoms with Gasteiger partial charge in [0.2, 0.25) is 0 Å². The molecule has 18 heavy (non-hydrogen) atoms. The number of anilines is 2. The third-order valence-electron chi connectivity index (χ3n) is 3.07. The van der Waals surface area contributed by atoms with Crippen LogP contribution in [0.1, 0.15) is 26.6 Å². The molecule has 0 aliphatic carbocycles. The molecule has 2 atom stereocenters. The molecular weight excluding hydrogens is 228 g/mol. The number of hydrogen-bond acceptors (Lipinski definition) is 5. The minimum Gasteiger partial charge on any atom is -0.373 e. The van der Waals surface area contributed by atoms with Crippen LogP contribution in [0.15, 0.2) is 6.07 Å². The lowest BCUT2D eigenvalue weighted by molar-refractivity contribution is -0.00547. The molecule has 1 fully saturated rings. The van der Waals surface area contributed by atoms with Crippen LogP contribution in [0.5, 0.6) is 0 Å². The number of rotatable bonds is 3. The molecule has 100 valence electrons. The Hall–Kier alpha value is -1.36. The molecule has 1 aliphatic heterocycles. The summed E-state index contributed by atoms with van der Waals surface area (Å²) < 4.78 is 5.75. The van der Waals surface area contributed by atoms with Crippen LogP contribution in [0, 0.1) is 0 Å². The molecule has 1 aromatic heterocycles. The van der Waals surface area contributed by atoms with E-state index in [4.69, 9.17) is 4.74 Å². The summed E-state index contributed by atoms with van der Waals surface area (Å²) in [6, 6.07) is 2.00. The average Bonchev–Trinajstić information content (AvgIpc) is 2.37. The van der Waals surface area contributed by atoms with Crippen molar-refractivity contribution in [3.05, 3.63) is 11.9 Å².